The summed E-state index contributed by atoms with van der Waals surface area (Å²) in [7, 11) is 0. The van der Waals surface area contributed by atoms with E-state index in [1.165, 1.54) is 6.07 Å². The van der Waals surface area contributed by atoms with Crippen LogP contribution in [0.15, 0.2) is 40.8 Å². The second-order valence-corrected chi connectivity index (χ2v) is 6.29. The standard InChI is InChI=1S/C17H14Cl2N2O2/c1-9(2)17-21-14-8-11(4-6-15(14)23-17)20-16(22)10-3-5-12(18)13(19)7-10/h3-9H,1-2H3,(H,20,22). The van der Waals surface area contributed by atoms with E-state index in [0.717, 1.165) is 0 Å². The number of amides is 1. The maximum absolute atomic E-state index is 12.3. The van der Waals surface area contributed by atoms with Crippen molar-refractivity contribution in [2.75, 3.05) is 5.32 Å². The zero-order valence-corrected chi connectivity index (χ0v) is 14.1. The fourth-order valence-electron chi connectivity index (χ4n) is 2.11. The molecule has 1 aromatic heterocycles. The van der Waals surface area contributed by atoms with Crippen LogP contribution in [0.1, 0.15) is 36.0 Å². The van der Waals surface area contributed by atoms with Gasteiger partial charge < -0.3 is 9.73 Å². The molecule has 6 heteroatoms. The van der Waals surface area contributed by atoms with Crippen molar-refractivity contribution < 1.29 is 9.21 Å². The Hall–Kier alpha value is -2.04. The average molecular weight is 349 g/mol. The van der Waals surface area contributed by atoms with Gasteiger partial charge in [-0.15, -0.1) is 0 Å². The molecule has 1 amide bonds. The smallest absolute Gasteiger partial charge is 0.255 e. The molecule has 118 valence electrons. The van der Waals surface area contributed by atoms with Gasteiger partial charge in [-0.2, -0.15) is 0 Å². The lowest BCUT2D eigenvalue weighted by Gasteiger charge is -2.06. The molecule has 3 aromatic rings. The summed E-state index contributed by atoms with van der Waals surface area (Å²) in [5.74, 6) is 0.611. The number of rotatable bonds is 3. The summed E-state index contributed by atoms with van der Waals surface area (Å²) in [5.41, 5.74) is 2.47. The number of hydrogen-bond acceptors (Lipinski definition) is 3. The third-order valence-electron chi connectivity index (χ3n) is 3.34. The monoisotopic (exact) mass is 348 g/mol. The molecule has 0 radical (unpaired) electrons. The van der Waals surface area contributed by atoms with Gasteiger partial charge in [0.25, 0.3) is 5.91 Å². The lowest BCUT2D eigenvalue weighted by Crippen LogP contribution is -2.11. The summed E-state index contributed by atoms with van der Waals surface area (Å²) < 4.78 is 5.65. The Morgan fingerprint density at radius 1 is 1.13 bits per heavy atom. The summed E-state index contributed by atoms with van der Waals surface area (Å²) in [6.07, 6.45) is 0. The Balaban J connectivity index is 1.85. The first-order valence-corrected chi connectivity index (χ1v) is 7.86. The van der Waals surface area contributed by atoms with Crippen molar-refractivity contribution in [3.63, 3.8) is 0 Å². The largest absolute Gasteiger partial charge is 0.440 e. The number of anilines is 1. The molecule has 0 saturated heterocycles. The molecule has 4 nitrogen and oxygen atoms in total. The van der Waals surface area contributed by atoms with Crippen LogP contribution >= 0.6 is 23.2 Å². The van der Waals surface area contributed by atoms with E-state index in [0.29, 0.717) is 38.3 Å². The minimum Gasteiger partial charge on any atom is -0.440 e. The molecule has 23 heavy (non-hydrogen) atoms. The molecule has 1 N–H and O–H groups in total. The molecule has 0 aliphatic carbocycles. The number of aromatic nitrogens is 1. The first kappa shape index (κ1) is 15.8. The fraction of sp³-hybridized carbons (Fsp3) is 0.176. The van der Waals surface area contributed by atoms with Gasteiger partial charge in [-0.05, 0) is 36.4 Å². The highest BCUT2D eigenvalue weighted by Gasteiger charge is 2.12. The summed E-state index contributed by atoms with van der Waals surface area (Å²) in [4.78, 5) is 16.7. The second-order valence-electron chi connectivity index (χ2n) is 5.47. The van der Waals surface area contributed by atoms with E-state index in [1.54, 1.807) is 30.3 Å². The van der Waals surface area contributed by atoms with E-state index in [-0.39, 0.29) is 11.8 Å². The number of hydrogen-bond donors (Lipinski definition) is 1. The van der Waals surface area contributed by atoms with Gasteiger partial charge in [0.2, 0.25) is 0 Å². The summed E-state index contributed by atoms with van der Waals surface area (Å²) >= 11 is 11.8. The zero-order valence-electron chi connectivity index (χ0n) is 12.6. The van der Waals surface area contributed by atoms with Crippen LogP contribution < -0.4 is 5.32 Å². The van der Waals surface area contributed by atoms with Crippen LogP contribution in [-0.4, -0.2) is 10.9 Å². The Labute approximate surface area is 143 Å². The molecule has 0 atom stereocenters. The van der Waals surface area contributed by atoms with Gasteiger partial charge >= 0.3 is 0 Å². The minimum absolute atomic E-state index is 0.205. The van der Waals surface area contributed by atoms with Crippen molar-refractivity contribution in [3.05, 3.63) is 57.9 Å². The van der Waals surface area contributed by atoms with Crippen molar-refractivity contribution in [1.29, 1.82) is 0 Å². The van der Waals surface area contributed by atoms with Crippen LogP contribution in [0.4, 0.5) is 5.69 Å². The van der Waals surface area contributed by atoms with Crippen LogP contribution in [0.25, 0.3) is 11.1 Å². The van der Waals surface area contributed by atoms with Gasteiger partial charge in [-0.25, -0.2) is 4.98 Å². The van der Waals surface area contributed by atoms with Gasteiger partial charge in [0, 0.05) is 17.2 Å². The van der Waals surface area contributed by atoms with Crippen LogP contribution in [0.3, 0.4) is 0 Å². The number of carbonyl (C=O) groups is 1. The van der Waals surface area contributed by atoms with E-state index in [2.05, 4.69) is 10.3 Å². The normalized spacial score (nSPS) is 11.2. The summed E-state index contributed by atoms with van der Waals surface area (Å²) in [6.45, 7) is 4.02. The Morgan fingerprint density at radius 3 is 2.61 bits per heavy atom. The lowest BCUT2D eigenvalue weighted by atomic mass is 10.2. The Kier molecular flexibility index (Phi) is 4.28. The van der Waals surface area contributed by atoms with Crippen LogP contribution in [0.2, 0.25) is 10.0 Å². The van der Waals surface area contributed by atoms with E-state index in [4.69, 9.17) is 27.6 Å². The van der Waals surface area contributed by atoms with Gasteiger partial charge in [0.05, 0.1) is 10.0 Å². The molecule has 0 fully saturated rings. The van der Waals surface area contributed by atoms with Gasteiger partial charge in [-0.3, -0.25) is 4.79 Å². The number of nitrogens with zero attached hydrogens (tertiary/aromatic N) is 1. The van der Waals surface area contributed by atoms with Crippen LogP contribution in [0, 0.1) is 0 Å². The van der Waals surface area contributed by atoms with Crippen molar-refractivity contribution in [2.24, 2.45) is 0 Å². The number of halogens is 2. The first-order chi connectivity index (χ1) is 10.9. The predicted molar refractivity (Wildman–Crippen MR) is 92.5 cm³/mol. The SMILES string of the molecule is CC(C)c1nc2cc(NC(=O)c3ccc(Cl)c(Cl)c3)ccc2o1. The molecular weight excluding hydrogens is 335 g/mol. The third-order valence-corrected chi connectivity index (χ3v) is 4.08. The average Bonchev–Trinajstić information content (AvgIpc) is 2.93. The Morgan fingerprint density at radius 2 is 1.91 bits per heavy atom. The summed E-state index contributed by atoms with van der Waals surface area (Å²) in [5, 5.41) is 3.56. The molecule has 0 spiro atoms. The number of oxazole rings is 1. The zero-order chi connectivity index (χ0) is 16.6. The number of fused-ring (bicyclic) bond motifs is 1. The molecule has 2 aromatic carbocycles. The van der Waals surface area contributed by atoms with Gasteiger partial charge in [0.15, 0.2) is 11.5 Å². The minimum atomic E-state index is -0.268. The molecule has 0 bridgehead atoms. The van der Waals surface area contributed by atoms with Gasteiger partial charge in [-0.1, -0.05) is 37.0 Å². The molecule has 3 rings (SSSR count). The fourth-order valence-corrected chi connectivity index (χ4v) is 2.41. The van der Waals surface area contributed by atoms with Crippen LogP contribution in [0.5, 0.6) is 0 Å². The molecule has 0 saturated carbocycles. The molecule has 0 aliphatic rings. The molecular formula is C17H14Cl2N2O2. The highest BCUT2D eigenvalue weighted by Crippen LogP contribution is 2.25. The maximum Gasteiger partial charge on any atom is 0.255 e. The predicted octanol–water partition coefficient (Wildman–Crippen LogP) is 5.51. The quantitative estimate of drug-likeness (QED) is 0.678. The van der Waals surface area contributed by atoms with E-state index < -0.39 is 0 Å². The lowest BCUT2D eigenvalue weighted by molar-refractivity contribution is 0.102. The van der Waals surface area contributed by atoms with Crippen molar-refractivity contribution in [3.8, 4) is 0 Å². The number of benzene rings is 2. The molecule has 1 heterocycles. The van der Waals surface area contributed by atoms with Crippen molar-refractivity contribution >= 4 is 45.9 Å². The Bertz CT molecular complexity index is 887. The van der Waals surface area contributed by atoms with E-state index in [9.17, 15) is 4.79 Å². The molecule has 0 unspecified atom stereocenters. The maximum atomic E-state index is 12.3. The van der Waals surface area contributed by atoms with Crippen LogP contribution in [-0.2, 0) is 0 Å². The number of nitrogens with one attached hydrogen (secondary N) is 1. The summed E-state index contributed by atoms with van der Waals surface area (Å²) in [6, 6.07) is 10.1. The topological polar surface area (TPSA) is 55.1 Å². The van der Waals surface area contributed by atoms with Gasteiger partial charge in [0.1, 0.15) is 5.52 Å². The highest BCUT2D eigenvalue weighted by atomic mass is 35.5. The van der Waals surface area contributed by atoms with Crippen molar-refractivity contribution in [2.45, 2.75) is 19.8 Å². The number of carbonyl (C=O) groups excluding carboxylic acids is 1. The third kappa shape index (κ3) is 3.33. The van der Waals surface area contributed by atoms with E-state index >= 15 is 0 Å². The van der Waals surface area contributed by atoms with Crippen molar-refractivity contribution in [1.82, 2.24) is 4.98 Å². The molecule has 0 aliphatic heterocycles. The highest BCUT2D eigenvalue weighted by molar-refractivity contribution is 6.42. The van der Waals surface area contributed by atoms with E-state index in [1.807, 2.05) is 13.8 Å². The first-order valence-electron chi connectivity index (χ1n) is 7.11. The second kappa shape index (κ2) is 6.22.